The molecule has 0 radical (unpaired) electrons. The number of furan rings is 1. The first kappa shape index (κ1) is 13.2. The van der Waals surface area contributed by atoms with Gasteiger partial charge in [0.05, 0.1) is 18.4 Å². The van der Waals surface area contributed by atoms with Crippen LogP contribution in [0.4, 0.5) is 5.69 Å². The van der Waals surface area contributed by atoms with E-state index in [2.05, 4.69) is 5.32 Å². The minimum atomic E-state index is -0.174. The van der Waals surface area contributed by atoms with Crippen LogP contribution in [0.2, 0.25) is 0 Å². The fraction of sp³-hybridized carbons (Fsp3) is 0.118. The van der Waals surface area contributed by atoms with Gasteiger partial charge in [-0.05, 0) is 35.7 Å². The number of hydrogen-bond acceptors (Lipinski definition) is 4. The van der Waals surface area contributed by atoms with Crippen molar-refractivity contribution < 1.29 is 9.21 Å². The Morgan fingerprint density at radius 3 is 2.82 bits per heavy atom. The molecule has 2 aromatic heterocycles. The van der Waals surface area contributed by atoms with Gasteiger partial charge >= 0.3 is 0 Å². The van der Waals surface area contributed by atoms with Crippen LogP contribution in [-0.4, -0.2) is 10.8 Å². The van der Waals surface area contributed by atoms with Gasteiger partial charge in [0.15, 0.2) is 0 Å². The lowest BCUT2D eigenvalue weighted by Crippen LogP contribution is -2.42. The maximum atomic E-state index is 12.9. The van der Waals surface area contributed by atoms with E-state index in [4.69, 9.17) is 4.42 Å². The highest BCUT2D eigenvalue weighted by Crippen LogP contribution is 2.35. The number of benzene rings is 1. The number of rotatable bonds is 3. The van der Waals surface area contributed by atoms with E-state index in [1.807, 2.05) is 58.8 Å². The van der Waals surface area contributed by atoms with Gasteiger partial charge < -0.3 is 14.6 Å². The van der Waals surface area contributed by atoms with Crippen LogP contribution in [0.15, 0.2) is 64.6 Å². The fourth-order valence-electron chi connectivity index (χ4n) is 2.70. The number of fused-ring (bicyclic) bond motifs is 1. The van der Waals surface area contributed by atoms with Gasteiger partial charge in [0.1, 0.15) is 11.9 Å². The normalized spacial score (nSPS) is 17.2. The summed E-state index contributed by atoms with van der Waals surface area (Å²) >= 11 is 1.64. The molecule has 4 rings (SSSR count). The molecule has 1 aromatic carbocycles. The van der Waals surface area contributed by atoms with Crippen LogP contribution < -0.4 is 5.32 Å². The van der Waals surface area contributed by atoms with Crippen LogP contribution in [-0.2, 0) is 6.54 Å². The van der Waals surface area contributed by atoms with E-state index in [0.29, 0.717) is 12.1 Å². The topological polar surface area (TPSA) is 45.5 Å². The molecule has 1 amide bonds. The fourth-order valence-corrected chi connectivity index (χ4v) is 3.48. The smallest absolute Gasteiger partial charge is 0.258 e. The van der Waals surface area contributed by atoms with Crippen molar-refractivity contribution >= 4 is 22.9 Å². The van der Waals surface area contributed by atoms with E-state index in [0.717, 1.165) is 16.3 Å². The Labute approximate surface area is 132 Å². The highest BCUT2D eigenvalue weighted by molar-refractivity contribution is 7.10. The second kappa shape index (κ2) is 5.35. The minimum Gasteiger partial charge on any atom is -0.467 e. The minimum absolute atomic E-state index is 0.0177. The van der Waals surface area contributed by atoms with Crippen molar-refractivity contribution in [3.8, 4) is 0 Å². The Morgan fingerprint density at radius 1 is 1.14 bits per heavy atom. The van der Waals surface area contributed by atoms with E-state index in [1.54, 1.807) is 17.6 Å². The van der Waals surface area contributed by atoms with Crippen LogP contribution in [0.3, 0.4) is 0 Å². The van der Waals surface area contributed by atoms with Crippen molar-refractivity contribution in [3.05, 3.63) is 76.4 Å². The van der Waals surface area contributed by atoms with Crippen LogP contribution in [0.1, 0.15) is 27.2 Å². The van der Waals surface area contributed by atoms with Gasteiger partial charge in [0, 0.05) is 10.6 Å². The van der Waals surface area contributed by atoms with Crippen molar-refractivity contribution in [2.75, 3.05) is 5.32 Å². The van der Waals surface area contributed by atoms with Gasteiger partial charge in [0.2, 0.25) is 0 Å². The second-order valence-electron chi connectivity index (χ2n) is 5.12. The van der Waals surface area contributed by atoms with Gasteiger partial charge in [-0.25, -0.2) is 0 Å². The molecule has 110 valence electrons. The summed E-state index contributed by atoms with van der Waals surface area (Å²) < 4.78 is 5.42. The van der Waals surface area contributed by atoms with Crippen LogP contribution in [0.25, 0.3) is 0 Å². The standard InChI is InChI=1S/C17H14N2O2S/c20-17-13-6-1-2-7-14(13)18-16(15-8-4-10-22-15)19(17)11-12-5-3-9-21-12/h1-10,16,18H,11H2. The van der Waals surface area contributed by atoms with Gasteiger partial charge in [-0.3, -0.25) is 4.79 Å². The number of hydrogen-bond donors (Lipinski definition) is 1. The van der Waals surface area contributed by atoms with Crippen molar-refractivity contribution in [2.45, 2.75) is 12.7 Å². The zero-order valence-electron chi connectivity index (χ0n) is 11.7. The zero-order valence-corrected chi connectivity index (χ0v) is 12.5. The first-order valence-electron chi connectivity index (χ1n) is 7.05. The van der Waals surface area contributed by atoms with Crippen molar-refractivity contribution in [1.29, 1.82) is 0 Å². The molecule has 1 aliphatic rings. The molecule has 1 unspecified atom stereocenters. The van der Waals surface area contributed by atoms with Crippen molar-refractivity contribution in [1.82, 2.24) is 4.90 Å². The molecule has 4 nitrogen and oxygen atoms in total. The summed E-state index contributed by atoms with van der Waals surface area (Å²) in [7, 11) is 0. The zero-order chi connectivity index (χ0) is 14.9. The van der Waals surface area contributed by atoms with Crippen LogP contribution >= 0.6 is 11.3 Å². The third-order valence-electron chi connectivity index (χ3n) is 3.74. The predicted molar refractivity (Wildman–Crippen MR) is 85.7 cm³/mol. The van der Waals surface area contributed by atoms with Gasteiger partial charge in [-0.15, -0.1) is 11.3 Å². The average Bonchev–Trinajstić information content (AvgIpc) is 3.23. The Balaban J connectivity index is 1.76. The van der Waals surface area contributed by atoms with E-state index in [1.165, 1.54) is 0 Å². The van der Waals surface area contributed by atoms with Crippen LogP contribution in [0.5, 0.6) is 0 Å². The van der Waals surface area contributed by atoms with Gasteiger partial charge in [-0.2, -0.15) is 0 Å². The van der Waals surface area contributed by atoms with Crippen molar-refractivity contribution in [3.63, 3.8) is 0 Å². The summed E-state index contributed by atoms with van der Waals surface area (Å²) in [4.78, 5) is 15.8. The molecule has 1 N–H and O–H groups in total. The highest BCUT2D eigenvalue weighted by atomic mass is 32.1. The molecule has 0 spiro atoms. The number of nitrogens with zero attached hydrogens (tertiary/aromatic N) is 1. The number of para-hydroxylation sites is 1. The molecule has 1 atom stereocenters. The largest absolute Gasteiger partial charge is 0.467 e. The summed E-state index contributed by atoms with van der Waals surface area (Å²) in [5, 5.41) is 5.49. The summed E-state index contributed by atoms with van der Waals surface area (Å²) in [6.45, 7) is 0.440. The molecule has 0 bridgehead atoms. The Morgan fingerprint density at radius 2 is 2.05 bits per heavy atom. The summed E-state index contributed by atoms with van der Waals surface area (Å²) in [6, 6.07) is 15.4. The quantitative estimate of drug-likeness (QED) is 0.792. The van der Waals surface area contributed by atoms with Crippen LogP contribution in [0, 0.1) is 0 Å². The monoisotopic (exact) mass is 310 g/mol. The number of nitrogens with one attached hydrogen (secondary N) is 1. The maximum Gasteiger partial charge on any atom is 0.258 e. The van der Waals surface area contributed by atoms with Gasteiger partial charge in [0.25, 0.3) is 5.91 Å². The molecule has 0 saturated heterocycles. The van der Waals surface area contributed by atoms with Crippen molar-refractivity contribution in [2.24, 2.45) is 0 Å². The summed E-state index contributed by atoms with van der Waals surface area (Å²) in [5.41, 5.74) is 1.57. The number of carbonyl (C=O) groups excluding carboxylic acids is 1. The summed E-state index contributed by atoms with van der Waals surface area (Å²) in [6.07, 6.45) is 1.46. The lowest BCUT2D eigenvalue weighted by molar-refractivity contribution is 0.0654. The molecule has 0 fully saturated rings. The molecular weight excluding hydrogens is 296 g/mol. The van der Waals surface area contributed by atoms with E-state index < -0.39 is 0 Å². The third-order valence-corrected chi connectivity index (χ3v) is 4.67. The lowest BCUT2D eigenvalue weighted by atomic mass is 10.1. The molecule has 0 aliphatic carbocycles. The molecule has 5 heteroatoms. The molecule has 3 heterocycles. The molecular formula is C17H14N2O2S. The Kier molecular flexibility index (Phi) is 3.20. The van der Waals surface area contributed by atoms with E-state index in [-0.39, 0.29) is 12.1 Å². The van der Waals surface area contributed by atoms with E-state index >= 15 is 0 Å². The molecule has 3 aromatic rings. The maximum absolute atomic E-state index is 12.9. The first-order chi connectivity index (χ1) is 10.8. The van der Waals surface area contributed by atoms with Gasteiger partial charge in [-0.1, -0.05) is 18.2 Å². The first-order valence-corrected chi connectivity index (χ1v) is 7.93. The molecule has 1 aliphatic heterocycles. The van der Waals surface area contributed by atoms with E-state index in [9.17, 15) is 4.79 Å². The number of amides is 1. The summed E-state index contributed by atoms with van der Waals surface area (Å²) in [5.74, 6) is 0.792. The average molecular weight is 310 g/mol. The lowest BCUT2D eigenvalue weighted by Gasteiger charge is -2.36. The highest BCUT2D eigenvalue weighted by Gasteiger charge is 2.33. The third kappa shape index (κ3) is 2.19. The molecule has 22 heavy (non-hydrogen) atoms. The SMILES string of the molecule is O=C1c2ccccc2NC(c2cccs2)N1Cc1ccco1. The predicted octanol–water partition coefficient (Wildman–Crippen LogP) is 4.11. The number of anilines is 1. The Hall–Kier alpha value is -2.53. The number of carbonyl (C=O) groups is 1. The number of thiophene rings is 1. The Bertz CT molecular complexity index is 781. The molecule has 0 saturated carbocycles. The second-order valence-corrected chi connectivity index (χ2v) is 6.10.